The second-order valence-corrected chi connectivity index (χ2v) is 5.17. The lowest BCUT2D eigenvalue weighted by molar-refractivity contribution is 0.0471. The maximum absolute atomic E-state index is 12.5. The molecule has 2 aromatic carbocycles. The van der Waals surface area contributed by atoms with E-state index in [1.807, 2.05) is 30.3 Å². The molecule has 0 atom stereocenters. The summed E-state index contributed by atoms with van der Waals surface area (Å²) in [5.41, 5.74) is 2.67. The minimum absolute atomic E-state index is 0.0153. The normalized spacial score (nSPS) is 10.2. The number of nitriles is 1. The number of aryl methyl sites for hydroxylation is 1. The molecule has 0 fully saturated rings. The Morgan fingerprint density at radius 1 is 1.17 bits per heavy atom. The molecule has 5 heteroatoms. The van der Waals surface area contributed by atoms with E-state index in [1.165, 1.54) is 0 Å². The van der Waals surface area contributed by atoms with Crippen molar-refractivity contribution in [3.63, 3.8) is 0 Å². The Morgan fingerprint density at radius 2 is 1.88 bits per heavy atom. The Balaban J connectivity index is 1.84. The molecule has 0 N–H and O–H groups in total. The largest absolute Gasteiger partial charge is 0.457 e. The van der Waals surface area contributed by atoms with Crippen molar-refractivity contribution in [3.05, 3.63) is 77.0 Å². The van der Waals surface area contributed by atoms with Gasteiger partial charge in [0, 0.05) is 11.1 Å². The highest BCUT2D eigenvalue weighted by atomic mass is 16.5. The Morgan fingerprint density at radius 3 is 2.62 bits per heavy atom. The van der Waals surface area contributed by atoms with E-state index in [1.54, 1.807) is 31.2 Å². The van der Waals surface area contributed by atoms with Crippen LogP contribution in [0.2, 0.25) is 0 Å². The number of rotatable bonds is 4. The minimum Gasteiger partial charge on any atom is -0.457 e. The first-order valence-corrected chi connectivity index (χ1v) is 7.37. The molecular formula is C19H14N2O3. The van der Waals surface area contributed by atoms with Crippen LogP contribution in [0.25, 0.3) is 11.3 Å². The van der Waals surface area contributed by atoms with Crippen LogP contribution in [0.1, 0.15) is 27.2 Å². The summed E-state index contributed by atoms with van der Waals surface area (Å²) in [5, 5.41) is 13.1. The van der Waals surface area contributed by atoms with Crippen molar-refractivity contribution in [1.29, 1.82) is 5.26 Å². The van der Waals surface area contributed by atoms with Crippen molar-refractivity contribution in [1.82, 2.24) is 5.16 Å². The molecule has 0 aliphatic carbocycles. The van der Waals surface area contributed by atoms with Crippen LogP contribution >= 0.6 is 0 Å². The first kappa shape index (κ1) is 15.5. The van der Waals surface area contributed by atoms with E-state index in [-0.39, 0.29) is 6.61 Å². The number of aromatic nitrogens is 1. The molecule has 0 spiro atoms. The highest BCUT2D eigenvalue weighted by Gasteiger charge is 2.23. The van der Waals surface area contributed by atoms with Gasteiger partial charge in [-0.3, -0.25) is 0 Å². The monoisotopic (exact) mass is 318 g/mol. The fraction of sp³-hybridized carbons (Fsp3) is 0.105. The van der Waals surface area contributed by atoms with E-state index in [2.05, 4.69) is 11.2 Å². The highest BCUT2D eigenvalue weighted by molar-refractivity contribution is 5.97. The summed E-state index contributed by atoms with van der Waals surface area (Å²) < 4.78 is 10.5. The predicted octanol–water partition coefficient (Wildman–Crippen LogP) is 3.88. The van der Waals surface area contributed by atoms with Crippen molar-refractivity contribution in [3.8, 4) is 17.3 Å². The Hall–Kier alpha value is -3.39. The van der Waals surface area contributed by atoms with Crippen molar-refractivity contribution >= 4 is 5.97 Å². The van der Waals surface area contributed by atoms with Crippen molar-refractivity contribution in [2.45, 2.75) is 13.5 Å². The summed E-state index contributed by atoms with van der Waals surface area (Å²) in [7, 11) is 0. The van der Waals surface area contributed by atoms with E-state index in [0.29, 0.717) is 28.1 Å². The Kier molecular flexibility index (Phi) is 4.39. The van der Waals surface area contributed by atoms with Gasteiger partial charge in [-0.2, -0.15) is 5.26 Å². The molecule has 5 nitrogen and oxygen atoms in total. The van der Waals surface area contributed by atoms with Crippen LogP contribution in [-0.2, 0) is 11.3 Å². The molecule has 1 heterocycles. The number of ether oxygens (including phenoxy) is 1. The van der Waals surface area contributed by atoms with Crippen LogP contribution in [0.3, 0.4) is 0 Å². The molecule has 3 rings (SSSR count). The molecule has 0 amide bonds. The van der Waals surface area contributed by atoms with Gasteiger partial charge >= 0.3 is 5.97 Å². The summed E-state index contributed by atoms with van der Waals surface area (Å²) in [6.07, 6.45) is 0. The number of benzene rings is 2. The Labute approximate surface area is 139 Å². The fourth-order valence-corrected chi connectivity index (χ4v) is 2.38. The summed E-state index contributed by atoms with van der Waals surface area (Å²) in [6, 6.07) is 18.4. The second-order valence-electron chi connectivity index (χ2n) is 5.17. The molecule has 0 aliphatic heterocycles. The molecular weight excluding hydrogens is 304 g/mol. The highest BCUT2D eigenvalue weighted by Crippen LogP contribution is 2.26. The first-order valence-electron chi connectivity index (χ1n) is 7.37. The number of hydrogen-bond donors (Lipinski definition) is 0. The molecule has 24 heavy (non-hydrogen) atoms. The summed E-state index contributed by atoms with van der Waals surface area (Å²) in [4.78, 5) is 12.5. The van der Waals surface area contributed by atoms with Crippen LogP contribution in [0, 0.1) is 18.3 Å². The maximum Gasteiger partial charge on any atom is 0.344 e. The van der Waals surface area contributed by atoms with Crippen molar-refractivity contribution < 1.29 is 14.1 Å². The zero-order valence-corrected chi connectivity index (χ0v) is 13.0. The van der Waals surface area contributed by atoms with E-state index >= 15 is 0 Å². The third kappa shape index (κ3) is 3.03. The number of nitrogens with zero attached hydrogens (tertiary/aromatic N) is 2. The van der Waals surface area contributed by atoms with Gasteiger partial charge in [-0.05, 0) is 13.0 Å². The standard InChI is InChI=1S/C19H14N2O3/c1-13-17(18(21-24-13)14-7-3-2-4-8-14)19(22)23-12-16-10-6-5-9-15(16)11-20/h2-10H,12H2,1H3. The molecule has 0 aliphatic rings. The van der Waals surface area contributed by atoms with Gasteiger partial charge in [-0.25, -0.2) is 4.79 Å². The van der Waals surface area contributed by atoms with Crippen LogP contribution in [0.15, 0.2) is 59.1 Å². The first-order chi connectivity index (χ1) is 11.7. The van der Waals surface area contributed by atoms with Gasteiger partial charge < -0.3 is 9.26 Å². The second kappa shape index (κ2) is 6.80. The summed E-state index contributed by atoms with van der Waals surface area (Å²) in [6.45, 7) is 1.68. The zero-order chi connectivity index (χ0) is 16.9. The molecule has 0 unspecified atom stereocenters. The van der Waals surface area contributed by atoms with Gasteiger partial charge in [-0.1, -0.05) is 53.7 Å². The molecule has 0 radical (unpaired) electrons. The average molecular weight is 318 g/mol. The van der Waals surface area contributed by atoms with Crippen molar-refractivity contribution in [2.75, 3.05) is 0 Å². The molecule has 0 saturated heterocycles. The summed E-state index contributed by atoms with van der Waals surface area (Å²) >= 11 is 0. The minimum atomic E-state index is -0.527. The molecule has 118 valence electrons. The third-order valence-electron chi connectivity index (χ3n) is 3.61. The fourth-order valence-electron chi connectivity index (χ4n) is 2.38. The SMILES string of the molecule is Cc1onc(-c2ccccc2)c1C(=O)OCc1ccccc1C#N. The van der Waals surface area contributed by atoms with Gasteiger partial charge in [0.1, 0.15) is 23.6 Å². The molecule has 0 saturated carbocycles. The number of hydrogen-bond acceptors (Lipinski definition) is 5. The van der Waals surface area contributed by atoms with Gasteiger partial charge in [0.05, 0.1) is 11.6 Å². The molecule has 0 bridgehead atoms. The van der Waals surface area contributed by atoms with E-state index < -0.39 is 5.97 Å². The smallest absolute Gasteiger partial charge is 0.344 e. The van der Waals surface area contributed by atoms with Crippen LogP contribution in [0.5, 0.6) is 0 Å². The molecule has 3 aromatic rings. The van der Waals surface area contributed by atoms with Gasteiger partial charge in [0.25, 0.3) is 0 Å². The average Bonchev–Trinajstić information content (AvgIpc) is 3.02. The van der Waals surface area contributed by atoms with E-state index in [0.717, 1.165) is 5.56 Å². The lowest BCUT2D eigenvalue weighted by atomic mass is 10.1. The number of carbonyl (C=O) groups is 1. The lowest BCUT2D eigenvalue weighted by Gasteiger charge is -2.06. The van der Waals surface area contributed by atoms with E-state index in [9.17, 15) is 4.79 Å². The van der Waals surface area contributed by atoms with Crippen molar-refractivity contribution in [2.24, 2.45) is 0 Å². The lowest BCUT2D eigenvalue weighted by Crippen LogP contribution is -2.08. The van der Waals surface area contributed by atoms with Crippen LogP contribution in [-0.4, -0.2) is 11.1 Å². The number of carbonyl (C=O) groups excluding carboxylic acids is 1. The predicted molar refractivity (Wildman–Crippen MR) is 87.0 cm³/mol. The van der Waals surface area contributed by atoms with E-state index in [4.69, 9.17) is 14.5 Å². The molecule has 1 aromatic heterocycles. The van der Waals surface area contributed by atoms with Gasteiger partial charge in [0.2, 0.25) is 0 Å². The maximum atomic E-state index is 12.5. The Bertz CT molecular complexity index is 908. The van der Waals surface area contributed by atoms with Crippen LogP contribution < -0.4 is 0 Å². The zero-order valence-electron chi connectivity index (χ0n) is 13.0. The van der Waals surface area contributed by atoms with Gasteiger partial charge in [0.15, 0.2) is 0 Å². The van der Waals surface area contributed by atoms with Gasteiger partial charge in [-0.15, -0.1) is 0 Å². The van der Waals surface area contributed by atoms with Crippen LogP contribution in [0.4, 0.5) is 0 Å². The quantitative estimate of drug-likeness (QED) is 0.682. The third-order valence-corrected chi connectivity index (χ3v) is 3.61. The topological polar surface area (TPSA) is 76.1 Å². The number of esters is 1. The summed E-state index contributed by atoms with van der Waals surface area (Å²) in [5.74, 6) is -0.132.